The van der Waals surface area contributed by atoms with Crippen molar-refractivity contribution < 1.29 is 34.3 Å². The molecule has 2 heterocycles. The van der Waals surface area contributed by atoms with Crippen molar-refractivity contribution in [3.8, 4) is 0 Å². The minimum absolute atomic E-state index is 0.0194. The minimum Gasteiger partial charge on any atom is -0.388 e. The van der Waals surface area contributed by atoms with Crippen LogP contribution in [0.2, 0.25) is 0 Å². The zero-order valence-corrected chi connectivity index (χ0v) is 18.4. The van der Waals surface area contributed by atoms with Crippen molar-refractivity contribution in [2.24, 2.45) is 5.92 Å². The van der Waals surface area contributed by atoms with Gasteiger partial charge in [-0.05, 0) is 31.6 Å². The molecule has 0 aromatic carbocycles. The molecule has 2 aliphatic heterocycles. The number of aliphatic hydroxyl groups is 3. The van der Waals surface area contributed by atoms with Crippen molar-refractivity contribution in [2.75, 3.05) is 33.1 Å². The lowest BCUT2D eigenvalue weighted by Gasteiger charge is -2.44. The lowest BCUT2D eigenvalue weighted by atomic mass is 9.88. The third-order valence-electron chi connectivity index (χ3n) is 5.53. The molecule has 2 rings (SSSR count). The summed E-state index contributed by atoms with van der Waals surface area (Å²) in [6, 6.07) is -0.934. The van der Waals surface area contributed by atoms with E-state index in [1.807, 2.05) is 13.8 Å². The number of methoxy groups -OCH3 is 1. The summed E-state index contributed by atoms with van der Waals surface area (Å²) in [5, 5.41) is 37.0. The number of carbonyl (C=O) groups is 1. The van der Waals surface area contributed by atoms with Crippen LogP contribution >= 0.6 is 11.8 Å². The zero-order chi connectivity index (χ0) is 21.6. The van der Waals surface area contributed by atoms with E-state index in [1.54, 1.807) is 13.4 Å². The Kier molecular flexibility index (Phi) is 10.1. The molecule has 8 unspecified atom stereocenters. The monoisotopic (exact) mass is 436 g/mol. The van der Waals surface area contributed by atoms with E-state index in [0.717, 1.165) is 6.42 Å². The quantitative estimate of drug-likeness (QED) is 0.291. The maximum Gasteiger partial charge on any atom is 0.237 e. The highest BCUT2D eigenvalue weighted by atomic mass is 32.2. The number of amides is 1. The van der Waals surface area contributed by atoms with Gasteiger partial charge in [0.1, 0.15) is 29.9 Å². The molecule has 0 aromatic heterocycles. The van der Waals surface area contributed by atoms with Gasteiger partial charge in [0.2, 0.25) is 5.91 Å². The first-order chi connectivity index (χ1) is 13.8. The summed E-state index contributed by atoms with van der Waals surface area (Å²) in [5.41, 5.74) is -0.678. The summed E-state index contributed by atoms with van der Waals surface area (Å²) in [7, 11) is 1.62. The van der Waals surface area contributed by atoms with Gasteiger partial charge < -0.3 is 40.2 Å². The van der Waals surface area contributed by atoms with Crippen LogP contribution in [-0.2, 0) is 19.0 Å². The van der Waals surface area contributed by atoms with Crippen molar-refractivity contribution in [1.82, 2.24) is 10.6 Å². The Labute approximate surface area is 176 Å². The minimum atomic E-state index is -1.34. The average molecular weight is 437 g/mol. The smallest absolute Gasteiger partial charge is 0.237 e. The highest BCUT2D eigenvalue weighted by molar-refractivity contribution is 7.99. The van der Waals surface area contributed by atoms with Crippen molar-refractivity contribution in [3.63, 3.8) is 0 Å². The number of rotatable bonds is 9. The summed E-state index contributed by atoms with van der Waals surface area (Å²) in [4.78, 5) is 12.9. The van der Waals surface area contributed by atoms with Gasteiger partial charge in [-0.1, -0.05) is 13.8 Å². The number of carbonyl (C=O) groups excluding carboxylic acids is 1. The zero-order valence-electron chi connectivity index (χ0n) is 17.6. The van der Waals surface area contributed by atoms with E-state index in [2.05, 4.69) is 10.6 Å². The number of hydrogen-bond donors (Lipinski definition) is 5. The van der Waals surface area contributed by atoms with Crippen LogP contribution < -0.4 is 10.6 Å². The molecule has 0 aromatic rings. The van der Waals surface area contributed by atoms with Crippen LogP contribution in [0.3, 0.4) is 0 Å². The number of thioether (sulfide) groups is 1. The van der Waals surface area contributed by atoms with E-state index in [-0.39, 0.29) is 17.9 Å². The summed E-state index contributed by atoms with van der Waals surface area (Å²) in [6.07, 6.45) is -1.55. The summed E-state index contributed by atoms with van der Waals surface area (Å²) < 4.78 is 16.6. The molecule has 0 saturated carbocycles. The molecule has 0 bridgehead atoms. The van der Waals surface area contributed by atoms with Gasteiger partial charge in [0.25, 0.3) is 0 Å². The Morgan fingerprint density at radius 1 is 1.24 bits per heavy atom. The molecule has 29 heavy (non-hydrogen) atoms. The largest absolute Gasteiger partial charge is 0.388 e. The Morgan fingerprint density at radius 2 is 1.97 bits per heavy atom. The molecule has 2 saturated heterocycles. The Bertz CT molecular complexity index is 511. The molecule has 2 aliphatic rings. The van der Waals surface area contributed by atoms with Gasteiger partial charge >= 0.3 is 0 Å². The molecular weight excluding hydrogens is 400 g/mol. The van der Waals surface area contributed by atoms with Gasteiger partial charge in [-0.25, -0.2) is 0 Å². The van der Waals surface area contributed by atoms with E-state index in [1.165, 1.54) is 11.8 Å². The second-order valence-corrected chi connectivity index (χ2v) is 8.91. The first kappa shape index (κ1) is 24.8. The Hall–Kier alpha value is -0.460. The second-order valence-electron chi connectivity index (χ2n) is 7.97. The first-order valence-corrected chi connectivity index (χ1v) is 11.5. The van der Waals surface area contributed by atoms with E-state index in [0.29, 0.717) is 26.2 Å². The number of aliphatic hydroxyl groups excluding tert-OH is 3. The van der Waals surface area contributed by atoms with Crippen LogP contribution in [0.4, 0.5) is 0 Å². The molecule has 170 valence electrons. The molecule has 1 amide bonds. The Balaban J connectivity index is 2.01. The van der Waals surface area contributed by atoms with E-state index >= 15 is 0 Å². The van der Waals surface area contributed by atoms with Crippen LogP contribution in [0.5, 0.6) is 0 Å². The molecule has 8 atom stereocenters. The molecule has 0 aliphatic carbocycles. The maximum absolute atomic E-state index is 12.9. The number of hydrogen-bond acceptors (Lipinski definition) is 9. The standard InChI is InChI=1S/C19H36N2O7S/c1-10(2)13(17-15(23)14(22)16(24)19(28-17)29-4)21-18(25)12-9-11(5-6-20-12)27-8-7-26-3/h10-17,19-20,22-24H,5-9H2,1-4H3,(H,21,25). The SMILES string of the molecule is COCCOC1CCNC(C(=O)NC(C(C)C)C2OC(SC)C(O)C(O)C2O)C1. The van der Waals surface area contributed by atoms with Gasteiger partial charge in [0.15, 0.2) is 0 Å². The first-order valence-electron chi connectivity index (χ1n) is 10.2. The third-order valence-corrected chi connectivity index (χ3v) is 6.39. The normalized spacial score (nSPS) is 36.8. The molecule has 9 nitrogen and oxygen atoms in total. The van der Waals surface area contributed by atoms with Crippen LogP contribution in [-0.4, -0.2) is 102 Å². The Morgan fingerprint density at radius 3 is 2.59 bits per heavy atom. The molecule has 5 N–H and O–H groups in total. The summed E-state index contributed by atoms with van der Waals surface area (Å²) >= 11 is 1.25. The fourth-order valence-electron chi connectivity index (χ4n) is 3.79. The van der Waals surface area contributed by atoms with Crippen LogP contribution in [0.15, 0.2) is 0 Å². The number of nitrogens with one attached hydrogen (secondary N) is 2. The van der Waals surface area contributed by atoms with Crippen molar-refractivity contribution >= 4 is 17.7 Å². The van der Waals surface area contributed by atoms with Crippen molar-refractivity contribution in [3.05, 3.63) is 0 Å². The predicted molar refractivity (Wildman–Crippen MR) is 110 cm³/mol. The van der Waals surface area contributed by atoms with Gasteiger partial charge in [-0.2, -0.15) is 0 Å². The topological polar surface area (TPSA) is 130 Å². The lowest BCUT2D eigenvalue weighted by Crippen LogP contribution is -2.65. The van der Waals surface area contributed by atoms with Gasteiger partial charge in [0, 0.05) is 7.11 Å². The average Bonchev–Trinajstić information content (AvgIpc) is 2.71. The molecular formula is C19H36N2O7S. The molecule has 0 radical (unpaired) electrons. The second kappa shape index (κ2) is 11.8. The van der Waals surface area contributed by atoms with Crippen molar-refractivity contribution in [2.45, 2.75) is 74.7 Å². The fourth-order valence-corrected chi connectivity index (χ4v) is 4.47. The number of ether oxygens (including phenoxy) is 3. The maximum atomic E-state index is 12.9. The van der Waals surface area contributed by atoms with Crippen LogP contribution in [0, 0.1) is 5.92 Å². The van der Waals surface area contributed by atoms with Crippen molar-refractivity contribution in [1.29, 1.82) is 0 Å². The van der Waals surface area contributed by atoms with Crippen LogP contribution in [0.1, 0.15) is 26.7 Å². The summed E-state index contributed by atoms with van der Waals surface area (Å²) in [6.45, 7) is 5.50. The third kappa shape index (κ3) is 6.51. The van der Waals surface area contributed by atoms with Gasteiger partial charge in [0.05, 0.1) is 31.4 Å². The molecule has 0 spiro atoms. The van der Waals surface area contributed by atoms with E-state index < -0.39 is 41.9 Å². The van der Waals surface area contributed by atoms with E-state index in [9.17, 15) is 20.1 Å². The highest BCUT2D eigenvalue weighted by Gasteiger charge is 2.47. The molecule has 2 fully saturated rings. The van der Waals surface area contributed by atoms with E-state index in [4.69, 9.17) is 14.2 Å². The van der Waals surface area contributed by atoms with Gasteiger partial charge in [-0.3, -0.25) is 4.79 Å². The fraction of sp³-hybridized carbons (Fsp3) is 0.947. The van der Waals surface area contributed by atoms with Gasteiger partial charge in [-0.15, -0.1) is 11.8 Å². The predicted octanol–water partition coefficient (Wildman–Crippen LogP) is -0.919. The van der Waals surface area contributed by atoms with Crippen LogP contribution in [0.25, 0.3) is 0 Å². The lowest BCUT2D eigenvalue weighted by molar-refractivity contribution is -0.208. The molecule has 10 heteroatoms. The summed E-state index contributed by atoms with van der Waals surface area (Å²) in [5.74, 6) is -0.248. The highest BCUT2D eigenvalue weighted by Crippen LogP contribution is 2.30. The number of piperidine rings is 1.